The molecule has 4 rings (SSSR count). The Labute approximate surface area is 142 Å². The summed E-state index contributed by atoms with van der Waals surface area (Å²) in [5, 5.41) is 4.59. The fourth-order valence-corrected chi connectivity index (χ4v) is 3.34. The lowest BCUT2D eigenvalue weighted by Crippen LogP contribution is -2.08. The van der Waals surface area contributed by atoms with E-state index in [1.165, 1.54) is 22.3 Å². The summed E-state index contributed by atoms with van der Waals surface area (Å²) in [4.78, 5) is 0. The zero-order chi connectivity index (χ0) is 16.5. The van der Waals surface area contributed by atoms with Crippen molar-refractivity contribution in [1.29, 1.82) is 0 Å². The van der Waals surface area contributed by atoms with Crippen molar-refractivity contribution >= 4 is 0 Å². The van der Waals surface area contributed by atoms with E-state index in [1.54, 1.807) is 0 Å². The maximum Gasteiger partial charge on any atom is 0.122 e. The molecule has 24 heavy (non-hydrogen) atoms. The van der Waals surface area contributed by atoms with E-state index in [1.807, 2.05) is 23.9 Å². The molecule has 1 aliphatic heterocycles. The molecule has 1 aliphatic rings. The van der Waals surface area contributed by atoms with Crippen LogP contribution in [-0.2, 0) is 12.8 Å². The first kappa shape index (κ1) is 15.0. The lowest BCUT2D eigenvalue weighted by molar-refractivity contribution is 0.288. The minimum Gasteiger partial charge on any atom is -0.493 e. The van der Waals surface area contributed by atoms with E-state index in [0.29, 0.717) is 0 Å². The highest BCUT2D eigenvalue weighted by atomic mass is 16.5. The SMILES string of the molecule is CCc1ccc(-c2ccc3c(c2)CCCO3)cc1-n1ccc(C)n1. The lowest BCUT2D eigenvalue weighted by Gasteiger charge is -2.18. The van der Waals surface area contributed by atoms with E-state index < -0.39 is 0 Å². The average Bonchev–Trinajstić information content (AvgIpc) is 3.07. The average molecular weight is 318 g/mol. The molecule has 0 radical (unpaired) electrons. The standard InChI is InChI=1S/C21H22N2O/c1-3-16-6-7-18(14-20(16)23-11-10-15(2)22-23)17-8-9-21-19(13-17)5-4-12-24-21/h6-11,13-14H,3-5,12H2,1-2H3. The Morgan fingerprint density at radius 2 is 1.92 bits per heavy atom. The molecule has 122 valence electrons. The molecule has 0 spiro atoms. The summed E-state index contributed by atoms with van der Waals surface area (Å²) in [5.74, 6) is 1.04. The fraction of sp³-hybridized carbons (Fsp3) is 0.286. The Hall–Kier alpha value is -2.55. The molecule has 0 saturated heterocycles. The molecule has 0 amide bonds. The number of ether oxygens (including phenoxy) is 1. The van der Waals surface area contributed by atoms with Crippen molar-refractivity contribution in [1.82, 2.24) is 9.78 Å². The molecule has 3 aromatic rings. The summed E-state index contributed by atoms with van der Waals surface area (Å²) in [6.07, 6.45) is 5.23. The van der Waals surface area contributed by atoms with Gasteiger partial charge in [-0.15, -0.1) is 0 Å². The quantitative estimate of drug-likeness (QED) is 0.698. The van der Waals surface area contributed by atoms with Gasteiger partial charge in [-0.05, 0) is 72.7 Å². The van der Waals surface area contributed by atoms with E-state index in [2.05, 4.69) is 48.4 Å². The molecular weight excluding hydrogens is 296 g/mol. The monoisotopic (exact) mass is 318 g/mol. The first-order chi connectivity index (χ1) is 11.7. The maximum atomic E-state index is 5.73. The highest BCUT2D eigenvalue weighted by Crippen LogP contribution is 2.31. The van der Waals surface area contributed by atoms with Crippen LogP contribution in [0.25, 0.3) is 16.8 Å². The highest BCUT2D eigenvalue weighted by Gasteiger charge is 2.13. The van der Waals surface area contributed by atoms with Gasteiger partial charge in [-0.3, -0.25) is 0 Å². The summed E-state index contributed by atoms with van der Waals surface area (Å²) >= 11 is 0. The van der Waals surface area contributed by atoms with E-state index in [0.717, 1.165) is 43.0 Å². The van der Waals surface area contributed by atoms with E-state index in [9.17, 15) is 0 Å². The van der Waals surface area contributed by atoms with Crippen molar-refractivity contribution in [2.45, 2.75) is 33.1 Å². The Morgan fingerprint density at radius 1 is 1.08 bits per heavy atom. The number of aromatic nitrogens is 2. The number of nitrogens with zero attached hydrogens (tertiary/aromatic N) is 2. The van der Waals surface area contributed by atoms with Crippen LogP contribution in [0.5, 0.6) is 5.75 Å². The summed E-state index contributed by atoms with van der Waals surface area (Å²) in [6, 6.07) is 15.3. The van der Waals surface area contributed by atoms with Gasteiger partial charge in [0.05, 0.1) is 18.0 Å². The molecule has 1 aromatic heterocycles. The molecule has 0 N–H and O–H groups in total. The van der Waals surface area contributed by atoms with Crippen molar-refractivity contribution in [3.63, 3.8) is 0 Å². The van der Waals surface area contributed by atoms with Crippen molar-refractivity contribution < 1.29 is 4.74 Å². The number of aryl methyl sites for hydroxylation is 3. The van der Waals surface area contributed by atoms with Crippen LogP contribution < -0.4 is 4.74 Å². The Bertz CT molecular complexity index is 879. The number of hydrogen-bond donors (Lipinski definition) is 0. The lowest BCUT2D eigenvalue weighted by atomic mass is 9.97. The van der Waals surface area contributed by atoms with Gasteiger partial charge in [-0.2, -0.15) is 5.10 Å². The van der Waals surface area contributed by atoms with Crippen LogP contribution in [-0.4, -0.2) is 16.4 Å². The number of hydrogen-bond acceptors (Lipinski definition) is 2. The first-order valence-corrected chi connectivity index (χ1v) is 8.66. The van der Waals surface area contributed by atoms with Crippen LogP contribution in [0.3, 0.4) is 0 Å². The van der Waals surface area contributed by atoms with Crippen LogP contribution in [0.15, 0.2) is 48.7 Å². The molecule has 3 nitrogen and oxygen atoms in total. The molecule has 0 saturated carbocycles. The topological polar surface area (TPSA) is 27.1 Å². The van der Waals surface area contributed by atoms with Gasteiger partial charge in [0.2, 0.25) is 0 Å². The Kier molecular flexibility index (Phi) is 3.85. The normalized spacial score (nSPS) is 13.4. The maximum absolute atomic E-state index is 5.73. The van der Waals surface area contributed by atoms with Gasteiger partial charge < -0.3 is 4.74 Å². The second-order valence-electron chi connectivity index (χ2n) is 6.37. The van der Waals surface area contributed by atoms with Gasteiger partial charge in [0, 0.05) is 6.20 Å². The third-order valence-corrected chi connectivity index (χ3v) is 4.68. The molecule has 2 aromatic carbocycles. The van der Waals surface area contributed by atoms with Gasteiger partial charge in [0.1, 0.15) is 5.75 Å². The zero-order valence-electron chi connectivity index (χ0n) is 14.2. The predicted molar refractivity (Wildman–Crippen MR) is 96.9 cm³/mol. The fourth-order valence-electron chi connectivity index (χ4n) is 3.34. The molecule has 0 bridgehead atoms. The minimum absolute atomic E-state index is 0.834. The number of fused-ring (bicyclic) bond motifs is 1. The van der Waals surface area contributed by atoms with Gasteiger partial charge in [-0.25, -0.2) is 4.68 Å². The molecule has 0 unspecified atom stereocenters. The van der Waals surface area contributed by atoms with Crippen molar-refractivity contribution in [3.05, 3.63) is 65.5 Å². The molecule has 3 heteroatoms. The number of benzene rings is 2. The largest absolute Gasteiger partial charge is 0.493 e. The first-order valence-electron chi connectivity index (χ1n) is 8.66. The zero-order valence-corrected chi connectivity index (χ0v) is 14.2. The summed E-state index contributed by atoms with van der Waals surface area (Å²) < 4.78 is 7.72. The summed E-state index contributed by atoms with van der Waals surface area (Å²) in [7, 11) is 0. The molecule has 0 atom stereocenters. The van der Waals surface area contributed by atoms with E-state index in [-0.39, 0.29) is 0 Å². The Balaban J connectivity index is 1.79. The van der Waals surface area contributed by atoms with Gasteiger partial charge >= 0.3 is 0 Å². The van der Waals surface area contributed by atoms with Crippen LogP contribution in [0.4, 0.5) is 0 Å². The van der Waals surface area contributed by atoms with Crippen LogP contribution in [0.1, 0.15) is 30.2 Å². The van der Waals surface area contributed by atoms with Crippen molar-refractivity contribution in [2.75, 3.05) is 6.61 Å². The van der Waals surface area contributed by atoms with Crippen LogP contribution >= 0.6 is 0 Å². The minimum atomic E-state index is 0.834. The second-order valence-corrected chi connectivity index (χ2v) is 6.37. The summed E-state index contributed by atoms with van der Waals surface area (Å²) in [6.45, 7) is 5.04. The van der Waals surface area contributed by atoms with Gasteiger partial charge in [0.25, 0.3) is 0 Å². The molecule has 2 heterocycles. The highest BCUT2D eigenvalue weighted by molar-refractivity contribution is 5.69. The predicted octanol–water partition coefficient (Wildman–Crippen LogP) is 4.74. The van der Waals surface area contributed by atoms with Gasteiger partial charge in [-0.1, -0.05) is 25.1 Å². The van der Waals surface area contributed by atoms with Crippen LogP contribution in [0.2, 0.25) is 0 Å². The third kappa shape index (κ3) is 2.71. The second kappa shape index (κ2) is 6.16. The van der Waals surface area contributed by atoms with Crippen molar-refractivity contribution in [3.8, 4) is 22.6 Å². The smallest absolute Gasteiger partial charge is 0.122 e. The molecule has 0 aliphatic carbocycles. The molecular formula is C21H22N2O. The van der Waals surface area contributed by atoms with E-state index >= 15 is 0 Å². The third-order valence-electron chi connectivity index (χ3n) is 4.68. The van der Waals surface area contributed by atoms with Gasteiger partial charge in [0.15, 0.2) is 0 Å². The summed E-state index contributed by atoms with van der Waals surface area (Å²) in [5.41, 5.74) is 7.29. The van der Waals surface area contributed by atoms with Crippen molar-refractivity contribution in [2.24, 2.45) is 0 Å². The Morgan fingerprint density at radius 3 is 2.71 bits per heavy atom. The number of rotatable bonds is 3. The van der Waals surface area contributed by atoms with Crippen LogP contribution in [0, 0.1) is 6.92 Å². The van der Waals surface area contributed by atoms with E-state index in [4.69, 9.17) is 4.74 Å². The molecule has 0 fully saturated rings.